The van der Waals surface area contributed by atoms with Crippen LogP contribution in [0.4, 0.5) is 22.0 Å². The first-order valence-electron chi connectivity index (χ1n) is 21.6. The highest BCUT2D eigenvalue weighted by molar-refractivity contribution is 6.06. The van der Waals surface area contributed by atoms with Crippen molar-refractivity contribution in [2.75, 3.05) is 67.9 Å². The monoisotopic (exact) mass is 809 g/mol. The number of amides is 4. The van der Waals surface area contributed by atoms with Gasteiger partial charge in [0.15, 0.2) is 5.82 Å². The summed E-state index contributed by atoms with van der Waals surface area (Å²) in [5.41, 5.74) is 14.6. The molecular formula is C47H55N9O4. The molecule has 0 unspecified atom stereocenters. The number of fused-ring (bicyclic) bond motifs is 1. The van der Waals surface area contributed by atoms with Crippen molar-refractivity contribution >= 4 is 45.9 Å². The van der Waals surface area contributed by atoms with Crippen LogP contribution in [0.3, 0.4) is 0 Å². The Morgan fingerprint density at radius 1 is 0.850 bits per heavy atom. The minimum Gasteiger partial charge on any atom is -0.507 e. The minimum atomic E-state index is -0.350. The van der Waals surface area contributed by atoms with Gasteiger partial charge in [0.2, 0.25) is 5.91 Å². The summed E-state index contributed by atoms with van der Waals surface area (Å²) < 4.78 is 2.41. The number of phenolic OH excluding ortho intramolecular Hbond substituents is 1. The summed E-state index contributed by atoms with van der Waals surface area (Å²) in [6.45, 7) is 11.0. The number of imide groups is 1. The lowest BCUT2D eigenvalue weighted by molar-refractivity contribution is -0.120. The highest BCUT2D eigenvalue weighted by Crippen LogP contribution is 2.37. The number of piperidine rings is 3. The molecule has 0 saturated carbocycles. The van der Waals surface area contributed by atoms with Crippen LogP contribution in [0.1, 0.15) is 84.0 Å². The van der Waals surface area contributed by atoms with Crippen molar-refractivity contribution in [2.45, 2.75) is 70.8 Å². The Kier molecular flexibility index (Phi) is 10.9. The minimum absolute atomic E-state index is 0.122. The number of nitrogens with two attached hydrogens (primary N) is 1. The molecule has 4 aliphatic rings. The van der Waals surface area contributed by atoms with Gasteiger partial charge in [-0.2, -0.15) is 0 Å². The Morgan fingerprint density at radius 3 is 2.42 bits per heavy atom. The zero-order valence-corrected chi connectivity index (χ0v) is 34.6. The number of aromatic hydroxyl groups is 1. The number of hydrogen-bond donors (Lipinski definition) is 3. The number of likely N-dealkylation sites (tertiary alicyclic amines) is 2. The van der Waals surface area contributed by atoms with Crippen molar-refractivity contribution in [1.29, 1.82) is 0 Å². The van der Waals surface area contributed by atoms with Gasteiger partial charge in [-0.25, -0.2) is 4.79 Å². The van der Waals surface area contributed by atoms with Crippen molar-refractivity contribution in [2.24, 2.45) is 5.92 Å². The molecule has 5 aromatic rings. The van der Waals surface area contributed by atoms with Crippen molar-refractivity contribution in [3.8, 4) is 17.0 Å². The zero-order chi connectivity index (χ0) is 41.5. The molecule has 0 spiro atoms. The molecule has 60 heavy (non-hydrogen) atoms. The molecule has 4 fully saturated rings. The number of carbonyl (C=O) groups is 3. The highest BCUT2D eigenvalue weighted by Gasteiger charge is 2.31. The summed E-state index contributed by atoms with van der Waals surface area (Å²) in [5.74, 6) is 1.30. The lowest BCUT2D eigenvalue weighted by Gasteiger charge is -2.38. The number of phenols is 1. The summed E-state index contributed by atoms with van der Waals surface area (Å²) in [5, 5.41) is 22.5. The average Bonchev–Trinajstić information content (AvgIpc) is 3.66. The van der Waals surface area contributed by atoms with Crippen LogP contribution in [0.2, 0.25) is 0 Å². The van der Waals surface area contributed by atoms with E-state index in [1.54, 1.807) is 17.0 Å². The fourth-order valence-corrected chi connectivity index (χ4v) is 10.1. The number of nitrogens with one attached hydrogen (secondary N) is 1. The second-order valence-electron chi connectivity index (χ2n) is 17.3. The predicted molar refractivity (Wildman–Crippen MR) is 234 cm³/mol. The van der Waals surface area contributed by atoms with E-state index in [9.17, 15) is 19.5 Å². The van der Waals surface area contributed by atoms with Crippen LogP contribution >= 0.6 is 0 Å². The Balaban J connectivity index is 0.766. The van der Waals surface area contributed by atoms with Crippen molar-refractivity contribution in [1.82, 2.24) is 29.9 Å². The number of nitrogens with zero attached hydrogens (tertiary/aromatic N) is 7. The van der Waals surface area contributed by atoms with Gasteiger partial charge in [-0.3, -0.25) is 19.8 Å². The third-order valence-corrected chi connectivity index (χ3v) is 13.5. The molecule has 1 atom stereocenters. The van der Waals surface area contributed by atoms with E-state index in [1.165, 1.54) is 11.1 Å². The third-order valence-electron chi connectivity index (χ3n) is 13.5. The lowest BCUT2D eigenvalue weighted by atomic mass is 9.86. The molecular weight excluding hydrogens is 755 g/mol. The fourth-order valence-electron chi connectivity index (χ4n) is 10.1. The van der Waals surface area contributed by atoms with E-state index in [0.29, 0.717) is 42.0 Å². The zero-order valence-electron chi connectivity index (χ0n) is 34.6. The summed E-state index contributed by atoms with van der Waals surface area (Å²) in [4.78, 5) is 46.6. The first kappa shape index (κ1) is 39.5. The number of rotatable bonds is 8. The first-order valence-corrected chi connectivity index (χ1v) is 21.6. The van der Waals surface area contributed by atoms with Gasteiger partial charge < -0.3 is 30.1 Å². The summed E-state index contributed by atoms with van der Waals surface area (Å²) >= 11 is 0. The van der Waals surface area contributed by atoms with Crippen LogP contribution in [0.5, 0.6) is 5.75 Å². The maximum absolute atomic E-state index is 13.8. The molecule has 2 aromatic heterocycles. The SMILES string of the molecule is Cc1cc(C(=O)N2CCC(CN3CCC(n4ccc5cc(N6CCC(=O)NC6=O)c(C)cc54)CC3)CC2)ccc1[C@H]1CCCN(c2cc(-c3ccccc3O)nnc2N)C1. The normalized spacial score (nSPS) is 19.9. The van der Waals surface area contributed by atoms with Crippen molar-refractivity contribution < 1.29 is 19.5 Å². The Labute approximate surface area is 351 Å². The predicted octanol–water partition coefficient (Wildman–Crippen LogP) is 7.02. The van der Waals surface area contributed by atoms with E-state index in [4.69, 9.17) is 5.73 Å². The molecule has 13 nitrogen and oxygen atoms in total. The molecule has 4 amide bonds. The molecule has 3 aromatic carbocycles. The molecule has 0 bridgehead atoms. The van der Waals surface area contributed by atoms with Crippen LogP contribution in [0.15, 0.2) is 72.9 Å². The summed E-state index contributed by atoms with van der Waals surface area (Å²) in [7, 11) is 0. The molecule has 13 heteroatoms. The molecule has 4 aliphatic heterocycles. The second-order valence-corrected chi connectivity index (χ2v) is 17.3. The van der Waals surface area contributed by atoms with Gasteiger partial charge in [-0.05, 0) is 124 Å². The van der Waals surface area contributed by atoms with Gasteiger partial charge in [0.1, 0.15) is 5.75 Å². The van der Waals surface area contributed by atoms with E-state index in [1.807, 2.05) is 36.1 Å². The maximum Gasteiger partial charge on any atom is 0.328 e. The lowest BCUT2D eigenvalue weighted by Crippen LogP contribution is -2.49. The van der Waals surface area contributed by atoms with E-state index < -0.39 is 0 Å². The molecule has 312 valence electrons. The number of para-hydroxylation sites is 1. The Morgan fingerprint density at radius 2 is 1.65 bits per heavy atom. The van der Waals surface area contributed by atoms with Crippen LogP contribution in [-0.4, -0.2) is 99.9 Å². The van der Waals surface area contributed by atoms with E-state index in [-0.39, 0.29) is 29.5 Å². The van der Waals surface area contributed by atoms with Gasteiger partial charge in [0, 0.05) is 105 Å². The van der Waals surface area contributed by atoms with Gasteiger partial charge in [-0.15, -0.1) is 10.2 Å². The molecule has 9 rings (SSSR count). The number of hydrogen-bond acceptors (Lipinski definition) is 9. The van der Waals surface area contributed by atoms with Gasteiger partial charge >= 0.3 is 6.03 Å². The number of aryl methyl sites for hydroxylation is 2. The van der Waals surface area contributed by atoms with Gasteiger partial charge in [0.05, 0.1) is 11.4 Å². The van der Waals surface area contributed by atoms with Gasteiger partial charge in [-0.1, -0.05) is 18.2 Å². The first-order chi connectivity index (χ1) is 29.1. The second kappa shape index (κ2) is 16.6. The number of benzene rings is 3. The number of urea groups is 1. The molecule has 4 N–H and O–H groups in total. The maximum atomic E-state index is 13.8. The van der Waals surface area contributed by atoms with Crippen LogP contribution in [0.25, 0.3) is 22.2 Å². The number of carbonyl (C=O) groups excluding carboxylic acids is 3. The topological polar surface area (TPSA) is 153 Å². The van der Waals surface area contributed by atoms with Crippen molar-refractivity contribution in [3.63, 3.8) is 0 Å². The Bertz CT molecular complexity index is 2430. The van der Waals surface area contributed by atoms with Crippen LogP contribution in [0, 0.1) is 19.8 Å². The molecule has 6 heterocycles. The Hall–Kier alpha value is -5.95. The van der Waals surface area contributed by atoms with E-state index in [2.05, 4.69) is 73.3 Å². The van der Waals surface area contributed by atoms with Gasteiger partial charge in [0.25, 0.3) is 5.91 Å². The third kappa shape index (κ3) is 7.90. The summed E-state index contributed by atoms with van der Waals surface area (Å²) in [6, 6.07) is 21.8. The quantitative estimate of drug-likeness (QED) is 0.150. The fraction of sp³-hybridized carbons (Fsp3) is 0.426. The number of nitrogen functional groups attached to an aromatic ring is 1. The average molecular weight is 810 g/mol. The van der Waals surface area contributed by atoms with E-state index in [0.717, 1.165) is 118 Å². The molecule has 4 saturated heterocycles. The van der Waals surface area contributed by atoms with Crippen molar-refractivity contribution in [3.05, 3.63) is 95.2 Å². The standard InChI is InChI=1S/C47H55N9O4/c1-30-24-34(9-10-37(30)35-6-5-17-54(29-35)42-27-39(50-51-45(42)48)38-7-3-4-8-43(38)57)46(59)53-20-11-32(12-21-53)28-52-18-14-36(15-19-52)55-22-13-33-26-40(31(2)25-41(33)55)56-23-16-44(58)49-47(56)60/h3-4,7-10,13,22,24-27,32,35-36,57H,5-6,11-12,14-21,23,28-29H2,1-2H3,(H2,48,51)(H,49,58,60)/t35-/m0/s1. The molecule has 0 radical (unpaired) electrons. The number of anilines is 3. The largest absolute Gasteiger partial charge is 0.507 e. The highest BCUT2D eigenvalue weighted by atomic mass is 16.3. The van der Waals surface area contributed by atoms with Crippen LogP contribution < -0.4 is 20.9 Å². The van der Waals surface area contributed by atoms with Crippen LogP contribution in [-0.2, 0) is 4.79 Å². The number of aromatic nitrogens is 3. The van der Waals surface area contributed by atoms with E-state index >= 15 is 0 Å². The summed E-state index contributed by atoms with van der Waals surface area (Å²) in [6.07, 6.45) is 8.77. The molecule has 0 aliphatic carbocycles. The smallest absolute Gasteiger partial charge is 0.328 e.